The Balaban J connectivity index is 1.41. The van der Waals surface area contributed by atoms with E-state index in [0.717, 1.165) is 13.0 Å². The van der Waals surface area contributed by atoms with Crippen molar-refractivity contribution in [3.8, 4) is 0 Å². The van der Waals surface area contributed by atoms with Gasteiger partial charge in [0.2, 0.25) is 11.8 Å². The second kappa shape index (κ2) is 7.66. The molecule has 2 aliphatic rings. The van der Waals surface area contributed by atoms with Crippen LogP contribution in [0.4, 0.5) is 0 Å². The summed E-state index contributed by atoms with van der Waals surface area (Å²) in [6.45, 7) is 8.16. The molecule has 2 aromatic carbocycles. The lowest BCUT2D eigenvalue weighted by Gasteiger charge is -2.44. The van der Waals surface area contributed by atoms with Gasteiger partial charge in [-0.2, -0.15) is 0 Å². The van der Waals surface area contributed by atoms with Gasteiger partial charge in [-0.15, -0.1) is 0 Å². The molecule has 4 nitrogen and oxygen atoms in total. The molecule has 1 atom stereocenters. The van der Waals surface area contributed by atoms with Crippen LogP contribution in [-0.4, -0.2) is 41.2 Å². The quantitative estimate of drug-likeness (QED) is 0.798. The van der Waals surface area contributed by atoms with Gasteiger partial charge in [-0.1, -0.05) is 69.3 Å². The SMILES string of the molecule is CC(C)(C)c1ccc(CCC(=O)N2CC(=O)N3CCc4ccccc4C3C2)cc1. The maximum atomic E-state index is 12.9. The van der Waals surface area contributed by atoms with E-state index in [9.17, 15) is 9.59 Å². The second-order valence-electron chi connectivity index (χ2n) is 9.27. The molecule has 0 bridgehead atoms. The van der Waals surface area contributed by atoms with Crippen LogP contribution in [0.3, 0.4) is 0 Å². The normalized spacial score (nSPS) is 19.0. The van der Waals surface area contributed by atoms with Crippen LogP contribution in [0.1, 0.15) is 55.5 Å². The Morgan fingerprint density at radius 1 is 1.07 bits per heavy atom. The van der Waals surface area contributed by atoms with E-state index in [1.807, 2.05) is 17.0 Å². The van der Waals surface area contributed by atoms with Crippen LogP contribution in [0.25, 0.3) is 0 Å². The zero-order chi connectivity index (χ0) is 20.6. The lowest BCUT2D eigenvalue weighted by atomic mass is 9.86. The van der Waals surface area contributed by atoms with E-state index in [-0.39, 0.29) is 29.8 Å². The van der Waals surface area contributed by atoms with Crippen molar-refractivity contribution in [2.75, 3.05) is 19.6 Å². The van der Waals surface area contributed by atoms with Crippen LogP contribution in [-0.2, 0) is 27.8 Å². The van der Waals surface area contributed by atoms with Gasteiger partial charge >= 0.3 is 0 Å². The molecule has 0 radical (unpaired) electrons. The third kappa shape index (κ3) is 4.07. The van der Waals surface area contributed by atoms with Crippen LogP contribution >= 0.6 is 0 Å². The molecule has 152 valence electrons. The van der Waals surface area contributed by atoms with Crippen LogP contribution in [0.15, 0.2) is 48.5 Å². The van der Waals surface area contributed by atoms with Gasteiger partial charge in [0.05, 0.1) is 12.6 Å². The minimum atomic E-state index is -0.00350. The molecule has 1 unspecified atom stereocenters. The average Bonchev–Trinajstić information content (AvgIpc) is 2.71. The van der Waals surface area contributed by atoms with Gasteiger partial charge in [0.1, 0.15) is 0 Å². The first-order valence-corrected chi connectivity index (χ1v) is 10.6. The van der Waals surface area contributed by atoms with E-state index in [0.29, 0.717) is 19.4 Å². The Labute approximate surface area is 173 Å². The topological polar surface area (TPSA) is 40.6 Å². The summed E-state index contributed by atoms with van der Waals surface area (Å²) in [5.74, 6) is 0.139. The van der Waals surface area contributed by atoms with Gasteiger partial charge in [-0.05, 0) is 40.5 Å². The predicted octanol–water partition coefficient (Wildman–Crippen LogP) is 3.88. The van der Waals surface area contributed by atoms with Crippen molar-refractivity contribution in [3.63, 3.8) is 0 Å². The maximum Gasteiger partial charge on any atom is 0.242 e. The van der Waals surface area contributed by atoms with Crippen molar-refractivity contribution in [2.45, 2.75) is 51.5 Å². The van der Waals surface area contributed by atoms with Crippen molar-refractivity contribution in [1.29, 1.82) is 0 Å². The largest absolute Gasteiger partial charge is 0.332 e. The first-order chi connectivity index (χ1) is 13.8. The zero-order valence-electron chi connectivity index (χ0n) is 17.6. The molecule has 0 spiro atoms. The van der Waals surface area contributed by atoms with Crippen LogP contribution in [0.2, 0.25) is 0 Å². The van der Waals surface area contributed by atoms with E-state index in [1.165, 1.54) is 22.3 Å². The Kier molecular flexibility index (Phi) is 5.20. The van der Waals surface area contributed by atoms with Crippen molar-refractivity contribution < 1.29 is 9.59 Å². The molecule has 1 saturated heterocycles. The lowest BCUT2D eigenvalue weighted by Crippen LogP contribution is -2.55. The molecule has 4 rings (SSSR count). The number of rotatable bonds is 3. The third-order valence-electron chi connectivity index (χ3n) is 6.25. The fourth-order valence-electron chi connectivity index (χ4n) is 4.45. The summed E-state index contributed by atoms with van der Waals surface area (Å²) >= 11 is 0. The Morgan fingerprint density at radius 3 is 2.52 bits per heavy atom. The molecule has 2 amide bonds. The Morgan fingerprint density at radius 2 is 1.79 bits per heavy atom. The lowest BCUT2D eigenvalue weighted by molar-refractivity contribution is -0.149. The van der Waals surface area contributed by atoms with Gasteiger partial charge in [-0.25, -0.2) is 0 Å². The molecule has 0 aromatic heterocycles. The number of carbonyl (C=O) groups is 2. The van der Waals surface area contributed by atoms with E-state index < -0.39 is 0 Å². The summed E-state index contributed by atoms with van der Waals surface area (Å²) in [4.78, 5) is 29.3. The molecule has 0 N–H and O–H groups in total. The molecule has 2 aromatic rings. The molecule has 29 heavy (non-hydrogen) atoms. The molecule has 1 fully saturated rings. The zero-order valence-corrected chi connectivity index (χ0v) is 17.6. The van der Waals surface area contributed by atoms with Crippen LogP contribution in [0, 0.1) is 0 Å². The minimum Gasteiger partial charge on any atom is -0.332 e. The molecular formula is C25H30N2O2. The molecule has 0 saturated carbocycles. The van der Waals surface area contributed by atoms with Crippen LogP contribution in [0.5, 0.6) is 0 Å². The van der Waals surface area contributed by atoms with E-state index in [4.69, 9.17) is 0 Å². The summed E-state index contributed by atoms with van der Waals surface area (Å²) in [5, 5.41) is 0. The van der Waals surface area contributed by atoms with Crippen molar-refractivity contribution >= 4 is 11.8 Å². The molecule has 0 aliphatic carbocycles. The summed E-state index contributed by atoms with van der Waals surface area (Å²) < 4.78 is 0. The highest BCUT2D eigenvalue weighted by Gasteiger charge is 2.38. The number of carbonyl (C=O) groups excluding carboxylic acids is 2. The fourth-order valence-corrected chi connectivity index (χ4v) is 4.45. The Hall–Kier alpha value is -2.62. The number of piperazine rings is 1. The summed E-state index contributed by atoms with van der Waals surface area (Å²) in [6, 6.07) is 16.9. The first-order valence-electron chi connectivity index (χ1n) is 10.6. The monoisotopic (exact) mass is 390 g/mol. The Bertz CT molecular complexity index is 911. The highest BCUT2D eigenvalue weighted by Crippen LogP contribution is 2.33. The van der Waals surface area contributed by atoms with E-state index >= 15 is 0 Å². The molecule has 2 aliphatic heterocycles. The van der Waals surface area contributed by atoms with Gasteiger partial charge in [-0.3, -0.25) is 9.59 Å². The number of aryl methyl sites for hydroxylation is 1. The van der Waals surface area contributed by atoms with Crippen molar-refractivity contribution in [3.05, 3.63) is 70.8 Å². The molecule has 2 heterocycles. The predicted molar refractivity (Wildman–Crippen MR) is 115 cm³/mol. The summed E-state index contributed by atoms with van der Waals surface area (Å²) in [5.41, 5.74) is 5.09. The summed E-state index contributed by atoms with van der Waals surface area (Å²) in [6.07, 6.45) is 2.05. The highest BCUT2D eigenvalue weighted by atomic mass is 16.2. The summed E-state index contributed by atoms with van der Waals surface area (Å²) in [7, 11) is 0. The van der Waals surface area contributed by atoms with Gasteiger partial charge in [0.15, 0.2) is 0 Å². The van der Waals surface area contributed by atoms with Crippen LogP contribution < -0.4 is 0 Å². The van der Waals surface area contributed by atoms with Gasteiger partial charge in [0.25, 0.3) is 0 Å². The third-order valence-corrected chi connectivity index (χ3v) is 6.25. The van der Waals surface area contributed by atoms with Crippen molar-refractivity contribution in [2.24, 2.45) is 0 Å². The molecule has 4 heteroatoms. The van der Waals surface area contributed by atoms with E-state index in [2.05, 4.69) is 57.2 Å². The number of benzene rings is 2. The van der Waals surface area contributed by atoms with Crippen molar-refractivity contribution in [1.82, 2.24) is 9.80 Å². The number of amides is 2. The number of nitrogens with zero attached hydrogens (tertiary/aromatic N) is 2. The standard InChI is InChI=1S/C25H30N2O2/c1-25(2,3)20-11-8-18(9-12-20)10-13-23(28)26-16-22-21-7-5-4-6-19(21)14-15-27(22)24(29)17-26/h4-9,11-12,22H,10,13-17H2,1-3H3. The van der Waals surface area contributed by atoms with E-state index in [1.54, 1.807) is 4.90 Å². The van der Waals surface area contributed by atoms with Gasteiger partial charge in [0, 0.05) is 19.5 Å². The fraction of sp³-hybridized carbons (Fsp3) is 0.440. The smallest absolute Gasteiger partial charge is 0.242 e. The first kappa shape index (κ1) is 19.7. The van der Waals surface area contributed by atoms with Gasteiger partial charge < -0.3 is 9.80 Å². The number of hydrogen-bond donors (Lipinski definition) is 0. The highest BCUT2D eigenvalue weighted by molar-refractivity contribution is 5.87. The minimum absolute atomic E-state index is 0.00350. The maximum absolute atomic E-state index is 12.9. The second-order valence-corrected chi connectivity index (χ2v) is 9.27. The average molecular weight is 391 g/mol. The number of hydrogen-bond acceptors (Lipinski definition) is 2. The number of fused-ring (bicyclic) bond motifs is 3. The molecular weight excluding hydrogens is 360 g/mol.